The quantitative estimate of drug-likeness (QED) is 0.512. The molecule has 0 aromatic heterocycles. The first-order chi connectivity index (χ1) is 10.6. The van der Waals surface area contributed by atoms with Gasteiger partial charge in [-0.3, -0.25) is 0 Å². The van der Waals surface area contributed by atoms with Crippen LogP contribution in [0.3, 0.4) is 0 Å². The molecule has 0 heterocycles. The zero-order chi connectivity index (χ0) is 17.4. The van der Waals surface area contributed by atoms with Gasteiger partial charge in [0.15, 0.2) is 6.17 Å². The number of rotatable bonds is 5. The van der Waals surface area contributed by atoms with Crippen LogP contribution in [0.2, 0.25) is 0 Å². The summed E-state index contributed by atoms with van der Waals surface area (Å²) in [7, 11) is 0. The van der Waals surface area contributed by atoms with E-state index in [0.29, 0.717) is 0 Å². The third-order valence-corrected chi connectivity index (χ3v) is 3.43. The van der Waals surface area contributed by atoms with Gasteiger partial charge in [0, 0.05) is 5.56 Å². The van der Waals surface area contributed by atoms with Gasteiger partial charge in [0.2, 0.25) is 6.17 Å². The van der Waals surface area contributed by atoms with Crippen LogP contribution >= 0.6 is 0 Å². The van der Waals surface area contributed by atoms with Gasteiger partial charge in [0.25, 0.3) is 6.43 Å². The summed E-state index contributed by atoms with van der Waals surface area (Å²) >= 11 is 0. The van der Waals surface area contributed by atoms with Crippen molar-refractivity contribution in [3.63, 3.8) is 0 Å². The van der Waals surface area contributed by atoms with Gasteiger partial charge in [-0.2, -0.15) is 17.6 Å². The molecule has 0 aliphatic rings. The molecule has 2 aromatic carbocycles. The van der Waals surface area contributed by atoms with E-state index in [4.69, 9.17) is 0 Å². The molecular weight excluding hydrogens is 355 g/mol. The molecule has 0 aliphatic heterocycles. The number of alkyl halides is 8. The van der Waals surface area contributed by atoms with Gasteiger partial charge in [-0.05, 0) is 10.8 Å². The summed E-state index contributed by atoms with van der Waals surface area (Å²) in [5.74, 6) is -11.5. The third kappa shape index (κ3) is 3.55. The van der Waals surface area contributed by atoms with E-state index in [-0.39, 0.29) is 40.3 Å². The van der Waals surface area contributed by atoms with Crippen molar-refractivity contribution in [3.8, 4) is 0 Å². The Morgan fingerprint density at radius 3 is 1.83 bits per heavy atom. The number of hydrogen-bond donors (Lipinski definition) is 0. The minimum atomic E-state index is -5.86. The van der Waals surface area contributed by atoms with Crippen molar-refractivity contribution in [2.75, 3.05) is 0 Å². The topological polar surface area (TPSA) is 0 Å². The van der Waals surface area contributed by atoms with Crippen molar-refractivity contribution >= 4 is 40.3 Å². The molecule has 2 aromatic rings. The zero-order valence-corrected chi connectivity index (χ0v) is 11.3. The molecule has 128 valence electrons. The molecule has 0 nitrogen and oxygen atoms in total. The van der Waals surface area contributed by atoms with Gasteiger partial charge in [0.05, 0.1) is 0 Å². The van der Waals surface area contributed by atoms with E-state index in [1.165, 1.54) is 30.3 Å². The van der Waals surface area contributed by atoms with Crippen LogP contribution in [0.4, 0.5) is 35.1 Å². The van der Waals surface area contributed by atoms with Gasteiger partial charge in [0.1, 0.15) is 0 Å². The summed E-state index contributed by atoms with van der Waals surface area (Å²) < 4.78 is 105. The summed E-state index contributed by atoms with van der Waals surface area (Å²) in [6.07, 6.45) is -12.5. The maximum absolute atomic E-state index is 14.1. The average Bonchev–Trinajstić information content (AvgIpc) is 2.52. The molecule has 9 heteroatoms. The molecule has 0 bridgehead atoms. The number of halogens is 8. The Bertz CT molecular complexity index is 683. The van der Waals surface area contributed by atoms with Crippen LogP contribution in [-0.4, -0.2) is 54.0 Å². The van der Waals surface area contributed by atoms with Gasteiger partial charge < -0.3 is 0 Å². The Balaban J connectivity index is 0.00000288. The Hall–Kier alpha value is -0.860. The van der Waals surface area contributed by atoms with Crippen molar-refractivity contribution in [2.24, 2.45) is 0 Å². The molecule has 0 saturated carbocycles. The Labute approximate surface area is 154 Å². The van der Waals surface area contributed by atoms with E-state index in [0.717, 1.165) is 12.1 Å². The van der Waals surface area contributed by atoms with Crippen LogP contribution in [0, 0.1) is 0 Å². The van der Waals surface area contributed by atoms with Crippen LogP contribution < -0.4 is 0 Å². The summed E-state index contributed by atoms with van der Waals surface area (Å²) in [5.41, 5.74) is -0.825. The molecule has 0 aliphatic carbocycles. The second-order valence-corrected chi connectivity index (χ2v) is 4.91. The van der Waals surface area contributed by atoms with E-state index < -0.39 is 36.2 Å². The van der Waals surface area contributed by atoms with Crippen LogP contribution in [0.15, 0.2) is 42.5 Å². The maximum atomic E-state index is 14.1. The molecule has 0 N–H and O–H groups in total. The molecule has 0 radical (unpaired) electrons. The van der Waals surface area contributed by atoms with Crippen molar-refractivity contribution in [1.29, 1.82) is 0 Å². The fourth-order valence-electron chi connectivity index (χ4n) is 2.18. The summed E-state index contributed by atoms with van der Waals surface area (Å²) in [6, 6.07) is 8.93. The molecule has 0 saturated heterocycles. The summed E-state index contributed by atoms with van der Waals surface area (Å²) in [5, 5.41) is 0.197. The molecule has 0 fully saturated rings. The van der Waals surface area contributed by atoms with E-state index >= 15 is 0 Å². The molecule has 2 rings (SSSR count). The van der Waals surface area contributed by atoms with Gasteiger partial charge in [-0.1, -0.05) is 42.5 Å². The predicted molar refractivity (Wildman–Crippen MR) is 75.7 cm³/mol. The second kappa shape index (κ2) is 7.58. The first kappa shape index (κ1) is 21.2. The fourth-order valence-corrected chi connectivity index (χ4v) is 2.18. The first-order valence-electron chi connectivity index (χ1n) is 6.40. The van der Waals surface area contributed by atoms with Crippen LogP contribution in [0.25, 0.3) is 10.8 Å². The molecule has 2 atom stereocenters. The van der Waals surface area contributed by atoms with Crippen LogP contribution in [0.5, 0.6) is 0 Å². The average molecular weight is 366 g/mol. The number of hydrogen-bond acceptors (Lipinski definition) is 0. The second-order valence-electron chi connectivity index (χ2n) is 4.91. The van der Waals surface area contributed by atoms with Crippen molar-refractivity contribution < 1.29 is 35.1 Å². The van der Waals surface area contributed by atoms with Crippen molar-refractivity contribution in [1.82, 2.24) is 0 Å². The monoisotopic (exact) mass is 366 g/mol. The Morgan fingerprint density at radius 1 is 0.708 bits per heavy atom. The van der Waals surface area contributed by atoms with E-state index in [9.17, 15) is 35.1 Å². The molecule has 24 heavy (non-hydrogen) atoms. The van der Waals surface area contributed by atoms with Crippen LogP contribution in [0.1, 0.15) is 11.7 Å². The van der Waals surface area contributed by atoms with Crippen LogP contribution in [-0.2, 0) is 0 Å². The van der Waals surface area contributed by atoms with Crippen molar-refractivity contribution in [3.05, 3.63) is 48.0 Å². The fraction of sp³-hybridized carbons (Fsp3) is 0.333. The SMILES string of the molecule is FC(F)C(F)C(F)(F)C(F)(F)C(F)c1cccc2ccccc12.[NaH]. The summed E-state index contributed by atoms with van der Waals surface area (Å²) in [4.78, 5) is 0. The Morgan fingerprint density at radius 2 is 1.25 bits per heavy atom. The molecular formula is C15H11F8Na. The molecule has 0 amide bonds. The Kier molecular flexibility index (Phi) is 6.69. The van der Waals surface area contributed by atoms with E-state index in [1.54, 1.807) is 0 Å². The first-order valence-corrected chi connectivity index (χ1v) is 6.40. The van der Waals surface area contributed by atoms with Gasteiger partial charge >= 0.3 is 41.4 Å². The van der Waals surface area contributed by atoms with Gasteiger partial charge in [-0.15, -0.1) is 0 Å². The number of benzene rings is 2. The zero-order valence-electron chi connectivity index (χ0n) is 11.3. The van der Waals surface area contributed by atoms with Crippen molar-refractivity contribution in [2.45, 2.75) is 30.6 Å². The number of fused-ring (bicyclic) bond motifs is 1. The minimum absolute atomic E-state index is 0. The van der Waals surface area contributed by atoms with E-state index in [1.807, 2.05) is 0 Å². The normalized spacial score (nSPS) is 15.2. The molecule has 0 spiro atoms. The molecule has 2 unspecified atom stereocenters. The van der Waals surface area contributed by atoms with Gasteiger partial charge in [-0.25, -0.2) is 17.6 Å². The van der Waals surface area contributed by atoms with E-state index in [2.05, 4.69) is 0 Å². The summed E-state index contributed by atoms with van der Waals surface area (Å²) in [6.45, 7) is 0. The standard InChI is InChI=1S/C15H10F8.Na.H/c16-11(14(20,21)15(22,23)12(17)13(18)19)10-7-3-5-8-4-1-2-6-9(8)10;;/h1-7,11-13H;;. The predicted octanol–water partition coefficient (Wildman–Crippen LogP) is 5.08. The third-order valence-electron chi connectivity index (χ3n) is 3.43.